The zero-order valence-electron chi connectivity index (χ0n) is 25.4. The molecule has 2 aliphatic rings. The van der Waals surface area contributed by atoms with Crippen LogP contribution in [0, 0.1) is 0 Å². The van der Waals surface area contributed by atoms with Gasteiger partial charge in [0.25, 0.3) is 0 Å². The molecule has 10 nitrogen and oxygen atoms in total. The number of ketones is 1. The van der Waals surface area contributed by atoms with Crippen molar-refractivity contribution in [3.8, 4) is 0 Å². The Morgan fingerprint density at radius 3 is 2.49 bits per heavy atom. The summed E-state index contributed by atoms with van der Waals surface area (Å²) < 4.78 is 0. The third kappa shape index (κ3) is 7.60. The van der Waals surface area contributed by atoms with Gasteiger partial charge in [-0.15, -0.1) is 0 Å². The quantitative estimate of drug-likeness (QED) is 0.312. The number of rotatable bonds is 10. The van der Waals surface area contributed by atoms with E-state index in [2.05, 4.69) is 16.0 Å². The molecule has 5 atom stereocenters. The van der Waals surface area contributed by atoms with Gasteiger partial charge in [0.05, 0.1) is 0 Å². The summed E-state index contributed by atoms with van der Waals surface area (Å²) in [5, 5.41) is 20.1. The first-order valence-corrected chi connectivity index (χ1v) is 15.5. The van der Waals surface area contributed by atoms with Crippen LogP contribution in [0.1, 0.15) is 77.7 Å². The van der Waals surface area contributed by atoms with Crippen molar-refractivity contribution in [1.29, 1.82) is 0 Å². The van der Waals surface area contributed by atoms with Crippen LogP contribution in [0.5, 0.6) is 0 Å². The minimum absolute atomic E-state index is 0.230. The summed E-state index contributed by atoms with van der Waals surface area (Å²) in [5.74, 6) is -1.85. The number of hydrogen-bond donors (Lipinski definition) is 4. The second kappa shape index (κ2) is 14.1. The lowest BCUT2D eigenvalue weighted by molar-refractivity contribution is -0.144. The number of nitrogens with one attached hydrogen (secondary N) is 3. The van der Waals surface area contributed by atoms with E-state index in [1.807, 2.05) is 42.5 Å². The summed E-state index contributed by atoms with van der Waals surface area (Å²) in [4.78, 5) is 68.2. The summed E-state index contributed by atoms with van der Waals surface area (Å²) in [6, 6.07) is 11.2. The highest BCUT2D eigenvalue weighted by atomic mass is 16.3. The zero-order chi connectivity index (χ0) is 31.1. The predicted octanol–water partition coefficient (Wildman–Crippen LogP) is 2.54. The Bertz CT molecular complexity index is 1350. The molecule has 43 heavy (non-hydrogen) atoms. The van der Waals surface area contributed by atoms with Crippen molar-refractivity contribution in [2.24, 2.45) is 0 Å². The van der Waals surface area contributed by atoms with Crippen LogP contribution in [0.3, 0.4) is 0 Å². The largest absolute Gasteiger partial charge is 0.386 e. The zero-order valence-corrected chi connectivity index (χ0v) is 25.4. The average molecular weight is 593 g/mol. The normalized spacial score (nSPS) is 25.7. The molecule has 0 aromatic heterocycles. The SMILES string of the molecule is CC[C@]1(C)NC(=O)[C@H](CCCCCC(=O)[C@@H](C)O)NC(=O)[C@H]2CCCN2C(=O)C(Cc2cccc3ccccc23)NC1=O. The van der Waals surface area contributed by atoms with Crippen LogP contribution in [0.25, 0.3) is 10.8 Å². The predicted molar refractivity (Wildman–Crippen MR) is 163 cm³/mol. The van der Waals surface area contributed by atoms with E-state index in [1.165, 1.54) is 6.92 Å². The topological polar surface area (TPSA) is 145 Å². The van der Waals surface area contributed by atoms with Crippen LogP contribution in [0.15, 0.2) is 42.5 Å². The second-order valence-electron chi connectivity index (χ2n) is 12.0. The number of benzene rings is 2. The molecule has 2 aromatic rings. The Kier molecular flexibility index (Phi) is 10.6. The molecule has 0 saturated carbocycles. The lowest BCUT2D eigenvalue weighted by Crippen LogP contribution is -2.65. The maximum absolute atomic E-state index is 14.1. The van der Waals surface area contributed by atoms with Crippen molar-refractivity contribution in [3.63, 3.8) is 0 Å². The molecule has 0 bridgehead atoms. The molecule has 0 spiro atoms. The molecule has 10 heteroatoms. The minimum Gasteiger partial charge on any atom is -0.386 e. The summed E-state index contributed by atoms with van der Waals surface area (Å²) in [5.41, 5.74) is -0.411. The van der Waals surface area contributed by atoms with E-state index in [1.54, 1.807) is 18.7 Å². The molecular formula is C33H44N4O6. The first kappa shape index (κ1) is 32.1. The van der Waals surface area contributed by atoms with Crippen LogP contribution in [-0.2, 0) is 30.4 Å². The molecule has 2 aromatic carbocycles. The van der Waals surface area contributed by atoms with Crippen LogP contribution in [-0.4, -0.2) is 75.7 Å². The van der Waals surface area contributed by atoms with Gasteiger partial charge in [-0.2, -0.15) is 0 Å². The number of Topliss-reactive ketones (excluding diaryl/α,β-unsaturated/α-hetero) is 1. The number of hydrogen-bond acceptors (Lipinski definition) is 6. The van der Waals surface area contributed by atoms with Gasteiger partial charge in [0, 0.05) is 19.4 Å². The van der Waals surface area contributed by atoms with Gasteiger partial charge in [0.15, 0.2) is 5.78 Å². The highest BCUT2D eigenvalue weighted by molar-refractivity contribution is 5.99. The third-order valence-corrected chi connectivity index (χ3v) is 8.87. The number of aliphatic hydroxyl groups is 1. The molecular weight excluding hydrogens is 548 g/mol. The monoisotopic (exact) mass is 592 g/mol. The Labute approximate surface area is 253 Å². The fourth-order valence-electron chi connectivity index (χ4n) is 5.95. The first-order valence-electron chi connectivity index (χ1n) is 15.5. The molecule has 4 N–H and O–H groups in total. The number of carbonyl (C=O) groups is 5. The maximum Gasteiger partial charge on any atom is 0.246 e. The fourth-order valence-corrected chi connectivity index (χ4v) is 5.95. The van der Waals surface area contributed by atoms with Crippen molar-refractivity contribution >= 4 is 40.2 Å². The molecule has 4 rings (SSSR count). The molecule has 2 heterocycles. The summed E-state index contributed by atoms with van der Waals surface area (Å²) in [6.07, 6.45) is 2.92. The Balaban J connectivity index is 1.58. The molecule has 2 aliphatic heterocycles. The summed E-state index contributed by atoms with van der Waals surface area (Å²) >= 11 is 0. The number of carbonyl (C=O) groups excluding carboxylic acids is 5. The standard InChI is InChI=1S/C33H44N4O6/c1-4-33(3)32(43)35-26(20-23-14-10-13-22-12-8-9-15-24(22)23)31(42)37-19-11-17-27(37)30(41)34-25(29(40)36-33)16-6-5-7-18-28(39)21(2)38/h8-10,12-15,21,25-27,38H,4-7,11,16-20H2,1-3H3,(H,34,41)(H,35,43)(H,36,40)/t21-,25+,26?,27-,33+/m1/s1. The maximum atomic E-state index is 14.1. The number of aliphatic hydroxyl groups excluding tert-OH is 1. The van der Waals surface area contributed by atoms with Crippen LogP contribution < -0.4 is 16.0 Å². The highest BCUT2D eigenvalue weighted by Crippen LogP contribution is 2.25. The molecule has 232 valence electrons. The lowest BCUT2D eigenvalue weighted by Gasteiger charge is -2.36. The third-order valence-electron chi connectivity index (χ3n) is 8.87. The Morgan fingerprint density at radius 2 is 1.74 bits per heavy atom. The van der Waals surface area contributed by atoms with Gasteiger partial charge < -0.3 is 26.0 Å². The minimum atomic E-state index is -1.31. The molecule has 0 aliphatic carbocycles. The average Bonchev–Trinajstić information content (AvgIpc) is 3.49. The Hall–Kier alpha value is -3.79. The molecule has 2 fully saturated rings. The molecule has 0 radical (unpaired) electrons. The number of unbranched alkanes of at least 4 members (excludes halogenated alkanes) is 2. The van der Waals surface area contributed by atoms with E-state index in [9.17, 15) is 29.1 Å². The van der Waals surface area contributed by atoms with E-state index < -0.39 is 41.6 Å². The summed E-state index contributed by atoms with van der Waals surface area (Å²) in [7, 11) is 0. The highest BCUT2D eigenvalue weighted by Gasteiger charge is 2.43. The van der Waals surface area contributed by atoms with Crippen molar-refractivity contribution in [2.45, 2.75) is 108 Å². The lowest BCUT2D eigenvalue weighted by atomic mass is 9.93. The van der Waals surface area contributed by atoms with Crippen molar-refractivity contribution in [3.05, 3.63) is 48.0 Å². The van der Waals surface area contributed by atoms with E-state index in [0.717, 1.165) is 16.3 Å². The number of amides is 4. The van der Waals surface area contributed by atoms with E-state index in [4.69, 9.17) is 0 Å². The van der Waals surface area contributed by atoms with Gasteiger partial charge in [0.1, 0.15) is 29.8 Å². The smallest absolute Gasteiger partial charge is 0.246 e. The van der Waals surface area contributed by atoms with Crippen molar-refractivity contribution in [2.75, 3.05) is 6.54 Å². The van der Waals surface area contributed by atoms with Gasteiger partial charge in [-0.3, -0.25) is 24.0 Å². The van der Waals surface area contributed by atoms with E-state index >= 15 is 0 Å². The van der Waals surface area contributed by atoms with Crippen LogP contribution in [0.4, 0.5) is 0 Å². The Morgan fingerprint density at radius 1 is 1.00 bits per heavy atom. The van der Waals surface area contributed by atoms with Crippen LogP contribution in [0.2, 0.25) is 0 Å². The second-order valence-corrected chi connectivity index (χ2v) is 12.0. The van der Waals surface area contributed by atoms with Gasteiger partial charge in [-0.25, -0.2) is 0 Å². The van der Waals surface area contributed by atoms with Gasteiger partial charge >= 0.3 is 0 Å². The van der Waals surface area contributed by atoms with Crippen molar-refractivity contribution in [1.82, 2.24) is 20.9 Å². The molecule has 2 saturated heterocycles. The van der Waals surface area contributed by atoms with Crippen LogP contribution >= 0.6 is 0 Å². The first-order chi connectivity index (χ1) is 20.5. The number of nitrogens with zero attached hydrogens (tertiary/aromatic N) is 1. The fraction of sp³-hybridized carbons (Fsp3) is 0.545. The number of fused-ring (bicyclic) bond motifs is 2. The van der Waals surface area contributed by atoms with Gasteiger partial charge in [-0.05, 0) is 62.3 Å². The molecule has 4 amide bonds. The summed E-state index contributed by atoms with van der Waals surface area (Å²) in [6.45, 7) is 5.25. The van der Waals surface area contributed by atoms with E-state index in [0.29, 0.717) is 45.1 Å². The van der Waals surface area contributed by atoms with Crippen molar-refractivity contribution < 1.29 is 29.1 Å². The van der Waals surface area contributed by atoms with Gasteiger partial charge in [-0.1, -0.05) is 62.2 Å². The molecule has 1 unspecified atom stereocenters. The van der Waals surface area contributed by atoms with Gasteiger partial charge in [0.2, 0.25) is 23.6 Å². The van der Waals surface area contributed by atoms with E-state index in [-0.39, 0.29) is 36.9 Å².